The van der Waals surface area contributed by atoms with Crippen LogP contribution in [0.5, 0.6) is 0 Å². The zero-order valence-corrected chi connectivity index (χ0v) is 10.4. The van der Waals surface area contributed by atoms with Crippen LogP contribution >= 0.6 is 0 Å². The highest BCUT2D eigenvalue weighted by Gasteiger charge is 2.22. The number of aromatic nitrogens is 2. The maximum atomic E-state index is 12.1. The summed E-state index contributed by atoms with van der Waals surface area (Å²) >= 11 is 0. The fraction of sp³-hybridized carbons (Fsp3) is 0.267. The van der Waals surface area contributed by atoms with Crippen molar-refractivity contribution >= 4 is 0 Å². The molecular formula is C15H13N3O. The van der Waals surface area contributed by atoms with E-state index in [0.29, 0.717) is 18.7 Å². The minimum atomic E-state index is -0.0692. The van der Waals surface area contributed by atoms with Gasteiger partial charge in [-0.05, 0) is 12.8 Å². The van der Waals surface area contributed by atoms with Crippen molar-refractivity contribution < 1.29 is 0 Å². The third-order valence-corrected chi connectivity index (χ3v) is 3.51. The molecule has 94 valence electrons. The molecule has 0 aliphatic heterocycles. The average molecular weight is 251 g/mol. The van der Waals surface area contributed by atoms with Crippen LogP contribution in [0.15, 0.2) is 35.1 Å². The molecule has 1 aliphatic carbocycles. The second kappa shape index (κ2) is 4.69. The lowest BCUT2D eigenvalue weighted by Gasteiger charge is -2.18. The average Bonchev–Trinajstić information content (AvgIpc) is 2.47. The van der Waals surface area contributed by atoms with E-state index < -0.39 is 0 Å². The van der Waals surface area contributed by atoms with Crippen LogP contribution in [0.1, 0.15) is 17.7 Å². The largest absolute Gasteiger partial charge is 0.306 e. The Bertz CT molecular complexity index is 698. The van der Waals surface area contributed by atoms with Gasteiger partial charge in [0.25, 0.3) is 5.56 Å². The second-order valence-corrected chi connectivity index (χ2v) is 4.77. The van der Waals surface area contributed by atoms with Crippen molar-refractivity contribution in [2.45, 2.75) is 19.3 Å². The zero-order chi connectivity index (χ0) is 13.2. The summed E-state index contributed by atoms with van der Waals surface area (Å²) in [6.45, 7) is 0. The number of nitriles is 1. The van der Waals surface area contributed by atoms with E-state index in [4.69, 9.17) is 5.26 Å². The molecule has 0 saturated carbocycles. The molecule has 1 heterocycles. The van der Waals surface area contributed by atoms with Gasteiger partial charge in [-0.25, -0.2) is 4.98 Å². The topological polar surface area (TPSA) is 69.5 Å². The first-order valence-electron chi connectivity index (χ1n) is 6.35. The summed E-state index contributed by atoms with van der Waals surface area (Å²) in [6, 6.07) is 11.8. The molecule has 0 amide bonds. The fourth-order valence-corrected chi connectivity index (χ4v) is 2.47. The monoisotopic (exact) mass is 251 g/mol. The lowest BCUT2D eigenvalue weighted by molar-refractivity contribution is 0.548. The minimum Gasteiger partial charge on any atom is -0.306 e. The molecule has 1 atom stereocenters. The molecule has 0 saturated heterocycles. The smallest absolute Gasteiger partial charge is 0.254 e. The second-order valence-electron chi connectivity index (χ2n) is 4.77. The van der Waals surface area contributed by atoms with Crippen LogP contribution in [0, 0.1) is 17.2 Å². The molecule has 4 nitrogen and oxygen atoms in total. The summed E-state index contributed by atoms with van der Waals surface area (Å²) in [5.74, 6) is 0.563. The Kier molecular flexibility index (Phi) is 2.88. The van der Waals surface area contributed by atoms with Crippen molar-refractivity contribution in [1.29, 1.82) is 5.26 Å². The number of H-pyrrole nitrogens is 1. The summed E-state index contributed by atoms with van der Waals surface area (Å²) in [5, 5.41) is 9.01. The molecule has 2 aromatic rings. The van der Waals surface area contributed by atoms with Gasteiger partial charge >= 0.3 is 0 Å². The highest BCUT2D eigenvalue weighted by Crippen LogP contribution is 2.23. The zero-order valence-electron chi connectivity index (χ0n) is 10.4. The van der Waals surface area contributed by atoms with Crippen molar-refractivity contribution in [2.24, 2.45) is 5.92 Å². The molecule has 0 fully saturated rings. The van der Waals surface area contributed by atoms with Crippen LogP contribution < -0.4 is 5.56 Å². The predicted molar refractivity (Wildman–Crippen MR) is 71.4 cm³/mol. The number of hydrogen-bond donors (Lipinski definition) is 1. The first-order valence-corrected chi connectivity index (χ1v) is 6.35. The van der Waals surface area contributed by atoms with E-state index in [1.807, 2.05) is 30.3 Å². The predicted octanol–water partition coefficient (Wildman–Crippen LogP) is 2.07. The van der Waals surface area contributed by atoms with Crippen LogP contribution in [0.25, 0.3) is 11.4 Å². The molecule has 1 unspecified atom stereocenters. The van der Waals surface area contributed by atoms with Crippen LogP contribution in [-0.4, -0.2) is 9.97 Å². The fourth-order valence-electron chi connectivity index (χ4n) is 2.47. The Morgan fingerprint density at radius 3 is 2.84 bits per heavy atom. The minimum absolute atomic E-state index is 0.0228. The molecule has 3 rings (SSSR count). The van der Waals surface area contributed by atoms with Crippen LogP contribution in [0.2, 0.25) is 0 Å². The van der Waals surface area contributed by atoms with E-state index in [1.54, 1.807) is 0 Å². The maximum absolute atomic E-state index is 12.1. The van der Waals surface area contributed by atoms with Gasteiger partial charge < -0.3 is 4.98 Å². The highest BCUT2D eigenvalue weighted by atomic mass is 16.1. The number of fused-ring (bicyclic) bond motifs is 1. The van der Waals surface area contributed by atoms with Gasteiger partial charge in [-0.2, -0.15) is 5.26 Å². The van der Waals surface area contributed by atoms with Gasteiger partial charge in [-0.1, -0.05) is 30.3 Å². The molecule has 1 aromatic carbocycles. The number of aromatic amines is 1. The van der Waals surface area contributed by atoms with Gasteiger partial charge in [-0.3, -0.25) is 4.79 Å². The molecule has 4 heteroatoms. The number of nitrogens with one attached hydrogen (secondary N) is 1. The summed E-state index contributed by atoms with van der Waals surface area (Å²) in [4.78, 5) is 19.4. The normalized spacial score (nSPS) is 17.5. The van der Waals surface area contributed by atoms with Gasteiger partial charge in [0.2, 0.25) is 0 Å². The highest BCUT2D eigenvalue weighted by molar-refractivity contribution is 5.54. The van der Waals surface area contributed by atoms with E-state index in [9.17, 15) is 4.79 Å². The lowest BCUT2D eigenvalue weighted by Crippen LogP contribution is -2.25. The molecule has 0 bridgehead atoms. The Morgan fingerprint density at radius 2 is 2.11 bits per heavy atom. The number of rotatable bonds is 1. The van der Waals surface area contributed by atoms with E-state index >= 15 is 0 Å². The van der Waals surface area contributed by atoms with Crippen LogP contribution in [0.3, 0.4) is 0 Å². The molecule has 0 radical (unpaired) electrons. The van der Waals surface area contributed by atoms with Gasteiger partial charge in [0.1, 0.15) is 5.82 Å². The molecule has 0 spiro atoms. The van der Waals surface area contributed by atoms with Crippen molar-refractivity contribution in [3.63, 3.8) is 0 Å². The lowest BCUT2D eigenvalue weighted by atomic mass is 9.88. The van der Waals surface area contributed by atoms with E-state index in [1.165, 1.54) is 0 Å². The molecule has 1 N–H and O–H groups in total. The molecular weight excluding hydrogens is 238 g/mol. The van der Waals surface area contributed by atoms with Crippen molar-refractivity contribution in [3.05, 3.63) is 51.9 Å². The quantitative estimate of drug-likeness (QED) is 0.843. The third kappa shape index (κ3) is 2.15. The third-order valence-electron chi connectivity index (χ3n) is 3.51. The first-order chi connectivity index (χ1) is 9.28. The van der Waals surface area contributed by atoms with Gasteiger partial charge in [0.15, 0.2) is 0 Å². The van der Waals surface area contributed by atoms with E-state index in [-0.39, 0.29) is 11.5 Å². The van der Waals surface area contributed by atoms with E-state index in [0.717, 1.165) is 23.2 Å². The molecule has 1 aliphatic rings. The van der Waals surface area contributed by atoms with Crippen LogP contribution in [0.4, 0.5) is 0 Å². The van der Waals surface area contributed by atoms with E-state index in [2.05, 4.69) is 16.0 Å². The van der Waals surface area contributed by atoms with Crippen LogP contribution in [-0.2, 0) is 12.8 Å². The van der Waals surface area contributed by atoms with Gasteiger partial charge in [-0.15, -0.1) is 0 Å². The Balaban J connectivity index is 2.09. The Morgan fingerprint density at radius 1 is 1.32 bits per heavy atom. The number of hydrogen-bond acceptors (Lipinski definition) is 3. The van der Waals surface area contributed by atoms with Crippen molar-refractivity contribution in [1.82, 2.24) is 9.97 Å². The number of benzene rings is 1. The molecule has 19 heavy (non-hydrogen) atoms. The van der Waals surface area contributed by atoms with Crippen molar-refractivity contribution in [3.8, 4) is 17.5 Å². The molecule has 1 aromatic heterocycles. The standard InChI is InChI=1S/C15H13N3O/c16-9-10-6-7-12-13(8-10)17-14(18-15(12)19)11-4-2-1-3-5-11/h1-5,10H,6-8H2,(H,17,18,19). The SMILES string of the molecule is N#CC1CCc2c(nc(-c3ccccc3)[nH]c2=O)C1. The Labute approximate surface area is 110 Å². The summed E-state index contributed by atoms with van der Waals surface area (Å²) in [6.07, 6.45) is 1.97. The van der Waals surface area contributed by atoms with Gasteiger partial charge in [0, 0.05) is 17.5 Å². The maximum Gasteiger partial charge on any atom is 0.254 e. The summed E-state index contributed by atoms with van der Waals surface area (Å²) < 4.78 is 0. The first kappa shape index (κ1) is 11.7. The number of nitrogens with zero attached hydrogens (tertiary/aromatic N) is 2. The summed E-state index contributed by atoms with van der Waals surface area (Å²) in [5.41, 5.74) is 2.34. The van der Waals surface area contributed by atoms with Crippen molar-refractivity contribution in [2.75, 3.05) is 0 Å². The Hall–Kier alpha value is -2.41. The van der Waals surface area contributed by atoms with Gasteiger partial charge in [0.05, 0.1) is 17.7 Å². The summed E-state index contributed by atoms with van der Waals surface area (Å²) in [7, 11) is 0.